The molecular formula is C29H26ClN2Re. The van der Waals surface area contributed by atoms with Gasteiger partial charge >= 0.3 is 27.7 Å². The Hall–Kier alpha value is -2.57. The van der Waals surface area contributed by atoms with E-state index in [9.17, 15) is 0 Å². The Labute approximate surface area is 210 Å². The summed E-state index contributed by atoms with van der Waals surface area (Å²) in [7, 11) is 4.69. The molecule has 0 aliphatic heterocycles. The molecule has 0 fully saturated rings. The van der Waals surface area contributed by atoms with Crippen LogP contribution < -0.4 is 0 Å². The van der Waals surface area contributed by atoms with Gasteiger partial charge in [0.15, 0.2) is 0 Å². The van der Waals surface area contributed by atoms with E-state index < -0.39 is 0 Å². The van der Waals surface area contributed by atoms with Gasteiger partial charge in [-0.1, -0.05) is 87.0 Å². The van der Waals surface area contributed by atoms with Gasteiger partial charge in [0, 0.05) is 23.2 Å². The number of fused-ring (bicyclic) bond motifs is 3. The molecule has 2 heterocycles. The number of aromatic nitrogens is 2. The molecule has 5 aromatic rings. The number of aryl methyl sites for hydroxylation is 1. The van der Waals surface area contributed by atoms with E-state index in [1.165, 1.54) is 51.6 Å². The first-order chi connectivity index (χ1) is 15.9. The van der Waals surface area contributed by atoms with Gasteiger partial charge in [-0.05, 0) is 52.3 Å². The summed E-state index contributed by atoms with van der Waals surface area (Å²) in [4.78, 5) is 9.47. The van der Waals surface area contributed by atoms with Crippen molar-refractivity contribution in [3.8, 4) is 22.3 Å². The summed E-state index contributed by atoms with van der Waals surface area (Å²) in [6.45, 7) is 8.84. The molecular weight excluding hydrogens is 598 g/mol. The summed E-state index contributed by atoms with van der Waals surface area (Å²) < 4.78 is 0. The average Bonchev–Trinajstić information content (AvgIpc) is 2.84. The molecule has 4 heteroatoms. The van der Waals surface area contributed by atoms with Crippen molar-refractivity contribution in [3.63, 3.8) is 0 Å². The molecule has 0 radical (unpaired) electrons. The number of pyridine rings is 2. The topological polar surface area (TPSA) is 25.8 Å². The summed E-state index contributed by atoms with van der Waals surface area (Å²) in [6.07, 6.45) is 3.79. The van der Waals surface area contributed by atoms with Gasteiger partial charge in [-0.3, -0.25) is 9.97 Å². The molecule has 0 bridgehead atoms. The first-order valence-electron chi connectivity index (χ1n) is 10.9. The molecule has 0 unspecified atom stereocenters. The number of halogens is 1. The van der Waals surface area contributed by atoms with Crippen molar-refractivity contribution in [2.75, 3.05) is 0 Å². The van der Waals surface area contributed by atoms with Crippen molar-refractivity contribution in [1.29, 1.82) is 0 Å². The summed E-state index contributed by atoms with van der Waals surface area (Å²) in [5, 5.41) is 2.26. The fraction of sp³-hybridized carbons (Fsp3) is 0.172. The first-order valence-corrected chi connectivity index (χ1v) is 14.3. The molecule has 33 heavy (non-hydrogen) atoms. The van der Waals surface area contributed by atoms with Crippen LogP contribution in [0.15, 0.2) is 85.2 Å². The van der Waals surface area contributed by atoms with E-state index in [0.29, 0.717) is 0 Å². The van der Waals surface area contributed by atoms with E-state index in [1.807, 2.05) is 12.4 Å². The zero-order valence-electron chi connectivity index (χ0n) is 19.2. The van der Waals surface area contributed by atoms with Crippen LogP contribution in [-0.2, 0) is 23.6 Å². The van der Waals surface area contributed by atoms with Crippen LogP contribution in [0.1, 0.15) is 31.9 Å². The molecule has 2 nitrogen and oxygen atoms in total. The Balaban J connectivity index is 0.00000126. The third kappa shape index (κ3) is 4.73. The van der Waals surface area contributed by atoms with Crippen LogP contribution in [0.2, 0.25) is 0 Å². The van der Waals surface area contributed by atoms with Crippen LogP contribution in [0.25, 0.3) is 44.1 Å². The van der Waals surface area contributed by atoms with E-state index in [1.54, 1.807) is 0 Å². The van der Waals surface area contributed by atoms with Crippen molar-refractivity contribution in [1.82, 2.24) is 9.97 Å². The van der Waals surface area contributed by atoms with Crippen LogP contribution in [-0.4, -0.2) is 9.97 Å². The minimum atomic E-state index is 0.144. The quantitative estimate of drug-likeness (QED) is 0.185. The third-order valence-corrected chi connectivity index (χ3v) is 6.05. The Morgan fingerprint density at radius 2 is 1.03 bits per heavy atom. The zero-order chi connectivity index (χ0) is 23.6. The number of benzene rings is 3. The first kappa shape index (κ1) is 23.6. The van der Waals surface area contributed by atoms with Gasteiger partial charge < -0.3 is 0 Å². The van der Waals surface area contributed by atoms with Gasteiger partial charge in [-0.25, -0.2) is 0 Å². The Morgan fingerprint density at radius 3 is 1.45 bits per heavy atom. The zero-order valence-corrected chi connectivity index (χ0v) is 22.7. The summed E-state index contributed by atoms with van der Waals surface area (Å²) in [6, 6.07) is 26.1. The van der Waals surface area contributed by atoms with Gasteiger partial charge in [0.1, 0.15) is 0 Å². The molecule has 0 aliphatic rings. The van der Waals surface area contributed by atoms with Crippen LogP contribution in [0.5, 0.6) is 0 Å². The molecule has 5 rings (SSSR count). The van der Waals surface area contributed by atoms with Crippen LogP contribution in [0.3, 0.4) is 0 Å². The van der Waals surface area contributed by atoms with E-state index in [4.69, 9.17) is 19.5 Å². The van der Waals surface area contributed by atoms with Crippen molar-refractivity contribution >= 4 is 31.3 Å². The number of nitrogens with zero attached hydrogens (tertiary/aromatic N) is 2. The fourth-order valence-corrected chi connectivity index (χ4v) is 4.21. The maximum absolute atomic E-state index is 4.74. The van der Waals surface area contributed by atoms with Gasteiger partial charge in [-0.2, -0.15) is 0 Å². The molecule has 0 saturated carbocycles. The van der Waals surface area contributed by atoms with Crippen molar-refractivity contribution in [2.24, 2.45) is 0 Å². The van der Waals surface area contributed by atoms with E-state index in [0.717, 1.165) is 21.8 Å². The molecule has 0 aliphatic carbocycles. The standard InChI is InChI=1S/C29H26N2.ClH.Re/c1-19-5-7-20(8-6-19)23-15-17-30-27-25(23)13-14-26-24(16-18-31-28(26)27)21-9-11-22(12-10-21)29(2,3)4;;/h5-18H,1-4H3;1H;/q;;+1/p-1. The van der Waals surface area contributed by atoms with Crippen molar-refractivity contribution in [3.05, 3.63) is 96.3 Å². The summed E-state index contributed by atoms with van der Waals surface area (Å²) in [5.74, 6) is 0. The van der Waals surface area contributed by atoms with Crippen LogP contribution >= 0.6 is 9.53 Å². The second-order valence-electron chi connectivity index (χ2n) is 9.27. The second kappa shape index (κ2) is 9.74. The molecule has 3 aromatic carbocycles. The number of rotatable bonds is 2. The van der Waals surface area contributed by atoms with E-state index in [-0.39, 0.29) is 5.41 Å². The average molecular weight is 624 g/mol. The number of hydrogen-bond acceptors (Lipinski definition) is 2. The van der Waals surface area contributed by atoms with Crippen LogP contribution in [0, 0.1) is 6.92 Å². The van der Waals surface area contributed by atoms with Gasteiger partial charge in [0.2, 0.25) is 0 Å². The molecule has 166 valence electrons. The fourth-order valence-electron chi connectivity index (χ4n) is 4.21. The summed E-state index contributed by atoms with van der Waals surface area (Å²) in [5.41, 5.74) is 9.42. The molecule has 0 saturated heterocycles. The molecule has 2 aromatic heterocycles. The maximum atomic E-state index is 4.74. The monoisotopic (exact) mass is 624 g/mol. The van der Waals surface area contributed by atoms with Crippen molar-refractivity contribution < 1.29 is 18.2 Å². The van der Waals surface area contributed by atoms with E-state index in [2.05, 4.69) is 100 Å². The molecule has 0 amide bonds. The van der Waals surface area contributed by atoms with Crippen LogP contribution in [0.4, 0.5) is 0 Å². The third-order valence-electron chi connectivity index (χ3n) is 6.05. The molecule has 0 spiro atoms. The van der Waals surface area contributed by atoms with Crippen molar-refractivity contribution in [2.45, 2.75) is 33.1 Å². The number of hydrogen-bond donors (Lipinski definition) is 0. The van der Waals surface area contributed by atoms with E-state index >= 15 is 0 Å². The minimum absolute atomic E-state index is 0.144. The molecule has 0 N–H and O–H groups in total. The SMILES string of the molecule is Cc1ccc(-c2ccnc3c2ccc2c(-c4ccc(C(C)(C)C)cc4)ccnc23)cc1.[Cl][Re]. The Bertz CT molecular complexity index is 1400. The predicted octanol–water partition coefficient (Wildman–Crippen LogP) is 8.41. The normalized spacial score (nSPS) is 11.3. The Kier molecular flexibility index (Phi) is 6.96. The molecule has 0 atom stereocenters. The summed E-state index contributed by atoms with van der Waals surface area (Å²) >= 11 is 1.19. The van der Waals surface area contributed by atoms with Gasteiger partial charge in [0.25, 0.3) is 0 Å². The van der Waals surface area contributed by atoms with Gasteiger partial charge in [0.05, 0.1) is 11.0 Å². The van der Waals surface area contributed by atoms with Gasteiger partial charge in [-0.15, -0.1) is 0 Å². The Morgan fingerprint density at radius 1 is 0.606 bits per heavy atom. The second-order valence-corrected chi connectivity index (χ2v) is 9.27. The predicted molar refractivity (Wildman–Crippen MR) is 137 cm³/mol.